The number of nitrogens with two attached hydrogens (primary N) is 1. The maximum atomic E-state index is 11.1. The van der Waals surface area contributed by atoms with Crippen LogP contribution in [0.5, 0.6) is 0 Å². The monoisotopic (exact) mass is 236 g/mol. The number of H-pyrrole nitrogens is 1. The maximum absolute atomic E-state index is 11.1. The van der Waals surface area contributed by atoms with E-state index in [1.807, 2.05) is 6.07 Å². The molecule has 0 saturated heterocycles. The number of hydrogen-bond donors (Lipinski definition) is 2. The lowest BCUT2D eigenvalue weighted by molar-refractivity contribution is 0.812. The van der Waals surface area contributed by atoms with Crippen molar-refractivity contribution in [2.75, 3.05) is 6.54 Å². The average molecular weight is 236 g/mol. The summed E-state index contributed by atoms with van der Waals surface area (Å²) in [6.07, 6.45) is 3.36. The van der Waals surface area contributed by atoms with Gasteiger partial charge in [0, 0.05) is 24.2 Å². The SMILES string of the molecule is NCCCc1nnc(-c2cc[nH]c(=O)c2)s1. The zero-order chi connectivity index (χ0) is 11.4. The highest BCUT2D eigenvalue weighted by Crippen LogP contribution is 2.22. The van der Waals surface area contributed by atoms with Crippen molar-refractivity contribution in [3.05, 3.63) is 33.7 Å². The van der Waals surface area contributed by atoms with Crippen LogP contribution >= 0.6 is 11.3 Å². The van der Waals surface area contributed by atoms with Crippen molar-refractivity contribution in [1.29, 1.82) is 0 Å². The lowest BCUT2D eigenvalue weighted by atomic mass is 10.3. The molecule has 6 heteroatoms. The fraction of sp³-hybridized carbons (Fsp3) is 0.300. The van der Waals surface area contributed by atoms with E-state index in [0.717, 1.165) is 28.4 Å². The quantitative estimate of drug-likeness (QED) is 0.821. The smallest absolute Gasteiger partial charge is 0.248 e. The first-order valence-electron chi connectivity index (χ1n) is 5.01. The van der Waals surface area contributed by atoms with Crippen LogP contribution in [-0.4, -0.2) is 21.7 Å². The number of pyridine rings is 1. The van der Waals surface area contributed by atoms with Gasteiger partial charge in [-0.05, 0) is 19.0 Å². The number of nitrogens with zero attached hydrogens (tertiary/aromatic N) is 2. The van der Waals surface area contributed by atoms with Gasteiger partial charge in [0.15, 0.2) is 0 Å². The molecule has 0 atom stereocenters. The molecule has 0 fully saturated rings. The Hall–Kier alpha value is -1.53. The molecule has 0 aliphatic heterocycles. The summed E-state index contributed by atoms with van der Waals surface area (Å²) in [6.45, 7) is 0.653. The molecule has 5 nitrogen and oxygen atoms in total. The molecule has 0 bridgehead atoms. The molecule has 2 aromatic rings. The topological polar surface area (TPSA) is 84.7 Å². The van der Waals surface area contributed by atoms with Crippen LogP contribution in [-0.2, 0) is 6.42 Å². The third-order valence-corrected chi connectivity index (χ3v) is 3.12. The minimum absolute atomic E-state index is 0.129. The summed E-state index contributed by atoms with van der Waals surface area (Å²) in [6, 6.07) is 3.34. The predicted octanol–water partition coefficient (Wildman–Crippen LogP) is 0.785. The predicted molar refractivity (Wildman–Crippen MR) is 63.3 cm³/mol. The Morgan fingerprint density at radius 1 is 1.44 bits per heavy atom. The van der Waals surface area contributed by atoms with Crippen LogP contribution < -0.4 is 11.3 Å². The van der Waals surface area contributed by atoms with E-state index < -0.39 is 0 Å². The van der Waals surface area contributed by atoms with E-state index in [1.165, 1.54) is 17.4 Å². The molecule has 2 rings (SSSR count). The lowest BCUT2D eigenvalue weighted by Gasteiger charge is -1.92. The van der Waals surface area contributed by atoms with Gasteiger partial charge >= 0.3 is 0 Å². The number of aryl methyl sites for hydroxylation is 1. The Bertz CT molecular complexity index is 519. The van der Waals surface area contributed by atoms with E-state index in [4.69, 9.17) is 5.73 Å². The van der Waals surface area contributed by atoms with Gasteiger partial charge in [-0.3, -0.25) is 4.79 Å². The molecule has 2 aromatic heterocycles. The maximum Gasteiger partial charge on any atom is 0.248 e. The summed E-state index contributed by atoms with van der Waals surface area (Å²) in [5.74, 6) is 0. The van der Waals surface area contributed by atoms with Gasteiger partial charge in [0.1, 0.15) is 10.0 Å². The third kappa shape index (κ3) is 2.53. The van der Waals surface area contributed by atoms with E-state index >= 15 is 0 Å². The van der Waals surface area contributed by atoms with Crippen molar-refractivity contribution in [2.45, 2.75) is 12.8 Å². The van der Waals surface area contributed by atoms with Crippen molar-refractivity contribution < 1.29 is 0 Å². The largest absolute Gasteiger partial charge is 0.330 e. The third-order valence-electron chi connectivity index (χ3n) is 2.08. The molecule has 3 N–H and O–H groups in total. The van der Waals surface area contributed by atoms with E-state index in [2.05, 4.69) is 15.2 Å². The van der Waals surface area contributed by atoms with E-state index in [9.17, 15) is 4.79 Å². The van der Waals surface area contributed by atoms with Gasteiger partial charge in [-0.1, -0.05) is 11.3 Å². The molecule has 0 spiro atoms. The Labute approximate surface area is 96.4 Å². The molecule has 0 aromatic carbocycles. The van der Waals surface area contributed by atoms with Gasteiger partial charge in [0.25, 0.3) is 0 Å². The van der Waals surface area contributed by atoms with E-state index in [-0.39, 0.29) is 5.56 Å². The fourth-order valence-electron chi connectivity index (χ4n) is 1.30. The first-order valence-corrected chi connectivity index (χ1v) is 5.83. The zero-order valence-corrected chi connectivity index (χ0v) is 9.46. The van der Waals surface area contributed by atoms with Crippen LogP contribution in [0.2, 0.25) is 0 Å². The summed E-state index contributed by atoms with van der Waals surface area (Å²) in [4.78, 5) is 13.7. The summed E-state index contributed by atoms with van der Waals surface area (Å²) < 4.78 is 0. The molecule has 16 heavy (non-hydrogen) atoms. The van der Waals surface area contributed by atoms with Gasteiger partial charge in [-0.2, -0.15) is 0 Å². The van der Waals surface area contributed by atoms with Crippen LogP contribution in [0.4, 0.5) is 0 Å². The molecule has 84 valence electrons. The Kier molecular flexibility index (Phi) is 3.43. The highest BCUT2D eigenvalue weighted by Gasteiger charge is 2.06. The molecule has 0 aliphatic carbocycles. The summed E-state index contributed by atoms with van der Waals surface area (Å²) in [7, 11) is 0. The second kappa shape index (κ2) is 5.00. The molecule has 0 saturated carbocycles. The minimum atomic E-state index is -0.129. The summed E-state index contributed by atoms with van der Waals surface area (Å²) >= 11 is 1.50. The number of aromatic nitrogens is 3. The highest BCUT2D eigenvalue weighted by atomic mass is 32.1. The van der Waals surface area contributed by atoms with Crippen molar-refractivity contribution in [3.8, 4) is 10.6 Å². The molecule has 2 heterocycles. The summed E-state index contributed by atoms with van der Waals surface area (Å²) in [5.41, 5.74) is 6.10. The molecule has 0 amide bonds. The van der Waals surface area contributed by atoms with Gasteiger partial charge in [-0.25, -0.2) is 0 Å². The second-order valence-corrected chi connectivity index (χ2v) is 4.40. The number of nitrogens with one attached hydrogen (secondary N) is 1. The average Bonchev–Trinajstić information content (AvgIpc) is 2.75. The minimum Gasteiger partial charge on any atom is -0.330 e. The molecular formula is C10H12N4OS. The van der Waals surface area contributed by atoms with Gasteiger partial charge in [-0.15, -0.1) is 10.2 Å². The molecule has 0 aliphatic rings. The van der Waals surface area contributed by atoms with Gasteiger partial charge in [0.05, 0.1) is 0 Å². The number of rotatable bonds is 4. The Morgan fingerprint density at radius 3 is 3.06 bits per heavy atom. The first kappa shape index (κ1) is 11.0. The Morgan fingerprint density at radius 2 is 2.31 bits per heavy atom. The van der Waals surface area contributed by atoms with E-state index in [1.54, 1.807) is 6.20 Å². The molecular weight excluding hydrogens is 224 g/mol. The highest BCUT2D eigenvalue weighted by molar-refractivity contribution is 7.14. The summed E-state index contributed by atoms with van der Waals surface area (Å²) in [5, 5.41) is 9.85. The standard InChI is InChI=1S/C10H12N4OS/c11-4-1-2-9-13-14-10(16-9)7-3-5-12-8(15)6-7/h3,5-6H,1-2,4,11H2,(H,12,15). The normalized spacial score (nSPS) is 10.6. The van der Waals surface area contributed by atoms with Crippen molar-refractivity contribution in [1.82, 2.24) is 15.2 Å². The van der Waals surface area contributed by atoms with Crippen LogP contribution in [0, 0.1) is 0 Å². The zero-order valence-electron chi connectivity index (χ0n) is 8.64. The van der Waals surface area contributed by atoms with Crippen LogP contribution in [0.25, 0.3) is 10.6 Å². The van der Waals surface area contributed by atoms with Crippen LogP contribution in [0.3, 0.4) is 0 Å². The number of aromatic amines is 1. The Balaban J connectivity index is 2.21. The lowest BCUT2D eigenvalue weighted by Crippen LogP contribution is -2.01. The van der Waals surface area contributed by atoms with Gasteiger partial charge < -0.3 is 10.7 Å². The molecule has 0 unspecified atom stereocenters. The fourth-order valence-corrected chi connectivity index (χ4v) is 2.18. The second-order valence-electron chi connectivity index (χ2n) is 3.33. The molecule has 0 radical (unpaired) electrons. The van der Waals surface area contributed by atoms with Crippen molar-refractivity contribution in [3.63, 3.8) is 0 Å². The van der Waals surface area contributed by atoms with Crippen molar-refractivity contribution >= 4 is 11.3 Å². The number of hydrogen-bond acceptors (Lipinski definition) is 5. The van der Waals surface area contributed by atoms with Crippen LogP contribution in [0.15, 0.2) is 23.1 Å². The van der Waals surface area contributed by atoms with E-state index in [0.29, 0.717) is 6.54 Å². The van der Waals surface area contributed by atoms with Crippen molar-refractivity contribution in [2.24, 2.45) is 5.73 Å². The van der Waals surface area contributed by atoms with Crippen LogP contribution in [0.1, 0.15) is 11.4 Å². The first-order chi connectivity index (χ1) is 7.79. The van der Waals surface area contributed by atoms with Gasteiger partial charge in [0.2, 0.25) is 5.56 Å².